The summed E-state index contributed by atoms with van der Waals surface area (Å²) in [5.41, 5.74) is 1.29. The molecule has 3 aromatic heterocycles. The van der Waals surface area contributed by atoms with Crippen LogP contribution in [0.1, 0.15) is 0 Å². The first-order valence-electron chi connectivity index (χ1n) is 5.75. The summed E-state index contributed by atoms with van der Waals surface area (Å²) in [4.78, 5) is 16.9. The molecule has 0 saturated heterocycles. The Morgan fingerprint density at radius 2 is 1.86 bits per heavy atom. The maximum absolute atomic E-state index is 11.3. The Kier molecular flexibility index (Phi) is 3.45. The third kappa shape index (κ3) is 2.94. The van der Waals surface area contributed by atoms with Gasteiger partial charge in [0.1, 0.15) is 11.3 Å². The van der Waals surface area contributed by atoms with E-state index in [1.807, 2.05) is 0 Å². The molecule has 0 unspecified atom stereocenters. The fraction of sp³-hybridized carbons (Fsp3) is 0. The fourth-order valence-electron chi connectivity index (χ4n) is 1.65. The number of nitrogens with two attached hydrogens (primary N) is 1. The smallest absolute Gasteiger partial charge is 0.244 e. The van der Waals surface area contributed by atoms with E-state index in [1.165, 1.54) is 23.7 Å². The Morgan fingerprint density at radius 1 is 1.10 bits per heavy atom. The normalized spacial score (nSPS) is 11.5. The van der Waals surface area contributed by atoms with Gasteiger partial charge in [0.15, 0.2) is 5.03 Å². The minimum absolute atomic E-state index is 0.169. The zero-order valence-electron chi connectivity index (χ0n) is 10.5. The van der Waals surface area contributed by atoms with Crippen molar-refractivity contribution in [2.24, 2.45) is 5.14 Å². The van der Waals surface area contributed by atoms with Gasteiger partial charge >= 0.3 is 0 Å². The van der Waals surface area contributed by atoms with Crippen LogP contribution < -0.4 is 5.14 Å². The van der Waals surface area contributed by atoms with E-state index in [-0.39, 0.29) is 5.03 Å². The zero-order valence-corrected chi connectivity index (χ0v) is 12.2. The molecule has 0 spiro atoms. The quantitative estimate of drug-likeness (QED) is 0.779. The van der Waals surface area contributed by atoms with Gasteiger partial charge in [0.25, 0.3) is 10.0 Å². The van der Waals surface area contributed by atoms with E-state index < -0.39 is 10.0 Å². The Labute approximate surface area is 124 Å². The van der Waals surface area contributed by atoms with Crippen LogP contribution in [0.2, 0.25) is 0 Å². The van der Waals surface area contributed by atoms with E-state index in [1.54, 1.807) is 30.7 Å². The molecule has 0 fully saturated rings. The summed E-state index contributed by atoms with van der Waals surface area (Å²) in [6.45, 7) is 0. The lowest BCUT2D eigenvalue weighted by molar-refractivity contribution is 0.594. The molecule has 9 heteroatoms. The molecule has 2 N–H and O–H groups in total. The van der Waals surface area contributed by atoms with Gasteiger partial charge in [0.05, 0.1) is 10.6 Å². The minimum Gasteiger partial charge on any atom is -0.244 e. The van der Waals surface area contributed by atoms with Crippen molar-refractivity contribution in [1.82, 2.24) is 19.9 Å². The number of hydrogen-bond acceptors (Lipinski definition) is 7. The van der Waals surface area contributed by atoms with Crippen molar-refractivity contribution < 1.29 is 8.42 Å². The van der Waals surface area contributed by atoms with E-state index in [0.29, 0.717) is 5.69 Å². The average Bonchev–Trinajstić information content (AvgIpc) is 2.97. The van der Waals surface area contributed by atoms with Gasteiger partial charge in [-0.2, -0.15) is 0 Å². The monoisotopic (exact) mass is 319 g/mol. The van der Waals surface area contributed by atoms with Crippen LogP contribution in [0, 0.1) is 0 Å². The van der Waals surface area contributed by atoms with Crippen molar-refractivity contribution in [3.8, 4) is 21.1 Å². The first-order valence-corrected chi connectivity index (χ1v) is 8.12. The SMILES string of the molecule is NS(=O)(=O)c1cccc(-c2cnc(-c3cncnc3)s2)n1. The Hall–Kier alpha value is -2.23. The van der Waals surface area contributed by atoms with Gasteiger partial charge in [0.2, 0.25) is 0 Å². The summed E-state index contributed by atoms with van der Waals surface area (Å²) in [6, 6.07) is 4.65. The average molecular weight is 319 g/mol. The first kappa shape index (κ1) is 13.7. The lowest BCUT2D eigenvalue weighted by atomic mass is 10.3. The van der Waals surface area contributed by atoms with Gasteiger partial charge in [0, 0.05) is 24.2 Å². The van der Waals surface area contributed by atoms with Crippen LogP contribution >= 0.6 is 11.3 Å². The molecular weight excluding hydrogens is 310 g/mol. The number of thiazole rings is 1. The van der Waals surface area contributed by atoms with Gasteiger partial charge in [-0.25, -0.2) is 33.5 Å². The summed E-state index contributed by atoms with van der Waals surface area (Å²) >= 11 is 1.37. The predicted molar refractivity (Wildman–Crippen MR) is 77.7 cm³/mol. The summed E-state index contributed by atoms with van der Waals surface area (Å²) in [5, 5.41) is 5.64. The van der Waals surface area contributed by atoms with Crippen molar-refractivity contribution in [2.45, 2.75) is 5.03 Å². The van der Waals surface area contributed by atoms with E-state index in [4.69, 9.17) is 5.14 Å². The number of nitrogens with zero attached hydrogens (tertiary/aromatic N) is 4. The van der Waals surface area contributed by atoms with Crippen molar-refractivity contribution in [2.75, 3.05) is 0 Å². The molecule has 0 aliphatic rings. The highest BCUT2D eigenvalue weighted by molar-refractivity contribution is 7.89. The van der Waals surface area contributed by atoms with Crippen LogP contribution in [0.4, 0.5) is 0 Å². The molecule has 0 aromatic carbocycles. The molecule has 0 aliphatic heterocycles. The second-order valence-corrected chi connectivity index (χ2v) is 6.60. The number of primary sulfonamides is 1. The maximum atomic E-state index is 11.3. The van der Waals surface area contributed by atoms with Crippen LogP contribution in [-0.4, -0.2) is 28.4 Å². The van der Waals surface area contributed by atoms with E-state index in [9.17, 15) is 8.42 Å². The third-order valence-electron chi connectivity index (χ3n) is 2.58. The first-order chi connectivity index (χ1) is 10.0. The molecule has 3 aromatic rings. The molecular formula is C12H9N5O2S2. The number of hydrogen-bond donors (Lipinski definition) is 1. The summed E-state index contributed by atoms with van der Waals surface area (Å²) in [7, 11) is -3.83. The number of pyridine rings is 1. The highest BCUT2D eigenvalue weighted by Gasteiger charge is 2.13. The molecule has 0 amide bonds. The summed E-state index contributed by atoms with van der Waals surface area (Å²) in [5.74, 6) is 0. The van der Waals surface area contributed by atoms with E-state index in [0.717, 1.165) is 15.4 Å². The van der Waals surface area contributed by atoms with Crippen LogP contribution in [0.25, 0.3) is 21.1 Å². The topological polar surface area (TPSA) is 112 Å². The third-order valence-corrected chi connectivity index (χ3v) is 4.46. The highest BCUT2D eigenvalue weighted by Crippen LogP contribution is 2.30. The van der Waals surface area contributed by atoms with Crippen molar-refractivity contribution >= 4 is 21.4 Å². The highest BCUT2D eigenvalue weighted by atomic mass is 32.2. The number of sulfonamides is 1. The summed E-state index contributed by atoms with van der Waals surface area (Å²) < 4.78 is 22.7. The van der Waals surface area contributed by atoms with Gasteiger partial charge in [-0.1, -0.05) is 6.07 Å². The maximum Gasteiger partial charge on any atom is 0.255 e. The molecule has 21 heavy (non-hydrogen) atoms. The molecule has 0 aliphatic carbocycles. The lowest BCUT2D eigenvalue weighted by Gasteiger charge is -1.99. The van der Waals surface area contributed by atoms with Gasteiger partial charge in [-0.05, 0) is 12.1 Å². The molecule has 0 radical (unpaired) electrons. The second kappa shape index (κ2) is 5.28. The Morgan fingerprint density at radius 3 is 2.57 bits per heavy atom. The minimum atomic E-state index is -3.83. The molecule has 0 atom stereocenters. The van der Waals surface area contributed by atoms with Gasteiger partial charge in [-0.15, -0.1) is 11.3 Å². The molecule has 7 nitrogen and oxygen atoms in total. The van der Waals surface area contributed by atoms with E-state index in [2.05, 4.69) is 19.9 Å². The largest absolute Gasteiger partial charge is 0.255 e. The summed E-state index contributed by atoms with van der Waals surface area (Å²) in [6.07, 6.45) is 6.38. The second-order valence-electron chi connectivity index (χ2n) is 4.06. The Balaban J connectivity index is 2.01. The Bertz CT molecular complexity index is 877. The van der Waals surface area contributed by atoms with Crippen LogP contribution in [-0.2, 0) is 10.0 Å². The van der Waals surface area contributed by atoms with Crippen molar-refractivity contribution in [3.63, 3.8) is 0 Å². The van der Waals surface area contributed by atoms with E-state index >= 15 is 0 Å². The van der Waals surface area contributed by atoms with Crippen LogP contribution in [0.15, 0.2) is 48.1 Å². The number of rotatable bonds is 3. The van der Waals surface area contributed by atoms with Crippen LogP contribution in [0.5, 0.6) is 0 Å². The predicted octanol–water partition coefficient (Wildman–Crippen LogP) is 1.31. The van der Waals surface area contributed by atoms with Crippen molar-refractivity contribution in [1.29, 1.82) is 0 Å². The van der Waals surface area contributed by atoms with Gasteiger partial charge < -0.3 is 0 Å². The lowest BCUT2D eigenvalue weighted by Crippen LogP contribution is -2.13. The molecule has 106 valence electrons. The standard InChI is InChI=1S/C12H9N5O2S2/c13-21(18,19)11-3-1-2-9(17-11)10-6-16-12(20-10)8-4-14-7-15-5-8/h1-7H,(H2,13,18,19). The molecule has 0 bridgehead atoms. The molecule has 0 saturated carbocycles. The number of aromatic nitrogens is 4. The fourth-order valence-corrected chi connectivity index (χ4v) is 3.00. The zero-order chi connectivity index (χ0) is 14.9. The van der Waals surface area contributed by atoms with Crippen molar-refractivity contribution in [3.05, 3.63) is 43.1 Å². The van der Waals surface area contributed by atoms with Crippen LogP contribution in [0.3, 0.4) is 0 Å². The molecule has 3 heterocycles. The van der Waals surface area contributed by atoms with Gasteiger partial charge in [-0.3, -0.25) is 0 Å². The molecule has 3 rings (SSSR count).